The predicted octanol–water partition coefficient (Wildman–Crippen LogP) is 2.23. The van der Waals surface area contributed by atoms with Crippen molar-refractivity contribution in [2.24, 2.45) is 11.7 Å². The number of anilines is 1. The normalized spacial score (nSPS) is 21.4. The Labute approximate surface area is 192 Å². The average Bonchev–Trinajstić information content (AvgIpc) is 3.25. The van der Waals surface area contributed by atoms with E-state index in [-0.39, 0.29) is 30.1 Å². The molecule has 1 saturated heterocycles. The topological polar surface area (TPSA) is 123 Å². The van der Waals surface area contributed by atoms with Crippen molar-refractivity contribution < 1.29 is 14.4 Å². The summed E-state index contributed by atoms with van der Waals surface area (Å²) in [5, 5.41) is 7.73. The first-order chi connectivity index (χ1) is 15.3. The molecule has 1 aliphatic heterocycles. The van der Waals surface area contributed by atoms with E-state index in [9.17, 15) is 14.4 Å². The number of aryl methyl sites for hydroxylation is 1. The summed E-state index contributed by atoms with van der Waals surface area (Å²) in [6.45, 7) is 1.84. The van der Waals surface area contributed by atoms with Gasteiger partial charge in [0.25, 0.3) is 5.91 Å². The van der Waals surface area contributed by atoms with Crippen LogP contribution in [0.15, 0.2) is 41.0 Å². The van der Waals surface area contributed by atoms with Gasteiger partial charge in [0.2, 0.25) is 11.8 Å². The Bertz CT molecular complexity index is 1270. The van der Waals surface area contributed by atoms with Crippen molar-refractivity contribution in [1.29, 1.82) is 0 Å². The minimum atomic E-state index is -0.644. The number of hydrogen-bond acceptors (Lipinski definition) is 5. The Morgan fingerprint density at radius 1 is 1.22 bits per heavy atom. The van der Waals surface area contributed by atoms with Gasteiger partial charge >= 0.3 is 0 Å². The second-order valence-corrected chi connectivity index (χ2v) is 9.15. The Balaban J connectivity index is 1.39. The molecule has 0 radical (unpaired) electrons. The van der Waals surface area contributed by atoms with Gasteiger partial charge in [0, 0.05) is 11.4 Å². The number of nitrogens with two attached hydrogens (primary N) is 1. The number of nitrogens with one attached hydrogen (secondary N) is 1. The number of benzene rings is 1. The van der Waals surface area contributed by atoms with Gasteiger partial charge in [0.05, 0.1) is 5.52 Å². The highest BCUT2D eigenvalue weighted by Crippen LogP contribution is 2.48. The summed E-state index contributed by atoms with van der Waals surface area (Å²) >= 11 is 3.29. The zero-order valence-electron chi connectivity index (χ0n) is 17.3. The van der Waals surface area contributed by atoms with Crippen LogP contribution in [0.25, 0.3) is 10.9 Å². The molecule has 32 heavy (non-hydrogen) atoms. The third-order valence-corrected chi connectivity index (χ3v) is 6.53. The Hall–Kier alpha value is -3.27. The minimum absolute atomic E-state index is 0.0633. The van der Waals surface area contributed by atoms with Crippen molar-refractivity contribution in [3.05, 3.63) is 52.3 Å². The van der Waals surface area contributed by atoms with Crippen LogP contribution < -0.4 is 11.1 Å². The van der Waals surface area contributed by atoms with Crippen molar-refractivity contribution in [3.8, 4) is 0 Å². The number of hydrogen-bond donors (Lipinski definition) is 2. The summed E-state index contributed by atoms with van der Waals surface area (Å²) in [6.07, 6.45) is 1.53. The number of carbonyl (C=O) groups excluding carboxylic acids is 3. The zero-order valence-corrected chi connectivity index (χ0v) is 18.9. The lowest BCUT2D eigenvalue weighted by atomic mass is 10.1. The molecule has 2 fully saturated rings. The van der Waals surface area contributed by atoms with E-state index < -0.39 is 11.9 Å². The molecule has 3 aromatic rings. The number of nitrogens with zero attached hydrogens (tertiary/aromatic N) is 4. The maximum absolute atomic E-state index is 13.3. The molecule has 1 aromatic carbocycles. The molecule has 3 N–H and O–H groups in total. The molecule has 0 spiro atoms. The molecule has 1 unspecified atom stereocenters. The fourth-order valence-electron chi connectivity index (χ4n) is 4.54. The Morgan fingerprint density at radius 3 is 2.78 bits per heavy atom. The molecule has 10 heteroatoms. The van der Waals surface area contributed by atoms with Crippen molar-refractivity contribution in [1.82, 2.24) is 19.7 Å². The number of primary amides is 1. The smallest absolute Gasteiger partial charge is 0.269 e. The van der Waals surface area contributed by atoms with Crippen LogP contribution in [0.5, 0.6) is 0 Å². The second-order valence-electron chi connectivity index (χ2n) is 8.34. The van der Waals surface area contributed by atoms with E-state index in [4.69, 9.17) is 5.73 Å². The van der Waals surface area contributed by atoms with E-state index >= 15 is 0 Å². The number of pyridine rings is 1. The van der Waals surface area contributed by atoms with Crippen LogP contribution in [-0.2, 0) is 16.1 Å². The maximum Gasteiger partial charge on any atom is 0.269 e. The van der Waals surface area contributed by atoms with Gasteiger partial charge in [-0.3, -0.25) is 19.1 Å². The van der Waals surface area contributed by atoms with Crippen LogP contribution in [0.3, 0.4) is 0 Å². The van der Waals surface area contributed by atoms with Gasteiger partial charge in [-0.1, -0.05) is 17.7 Å². The number of amides is 3. The molecular formula is C22H21BrN6O3. The molecule has 164 valence electrons. The van der Waals surface area contributed by atoms with Crippen molar-refractivity contribution in [2.45, 2.75) is 38.4 Å². The van der Waals surface area contributed by atoms with Crippen LogP contribution in [0.2, 0.25) is 0 Å². The SMILES string of the molecule is Cc1ccc2c(c1)c(C(N)=O)nn2CC(=O)N1[C@@H]2CC2C[C@H]1C(=O)Nc1cccc(Br)n1. The highest BCUT2D eigenvalue weighted by Gasteiger charge is 2.56. The third-order valence-electron chi connectivity index (χ3n) is 6.09. The summed E-state index contributed by atoms with van der Waals surface area (Å²) in [7, 11) is 0. The first kappa shape index (κ1) is 20.6. The summed E-state index contributed by atoms with van der Waals surface area (Å²) < 4.78 is 2.11. The largest absolute Gasteiger partial charge is 0.364 e. The Morgan fingerprint density at radius 2 is 2.03 bits per heavy atom. The van der Waals surface area contributed by atoms with Gasteiger partial charge in [0.1, 0.15) is 23.0 Å². The maximum atomic E-state index is 13.3. The van der Waals surface area contributed by atoms with Crippen LogP contribution in [-0.4, -0.2) is 49.5 Å². The summed E-state index contributed by atoms with van der Waals surface area (Å²) in [5.41, 5.74) is 7.25. The number of likely N-dealkylation sites (tertiary alicyclic amines) is 1. The highest BCUT2D eigenvalue weighted by molar-refractivity contribution is 9.10. The molecule has 9 nitrogen and oxygen atoms in total. The van der Waals surface area contributed by atoms with Crippen LogP contribution in [0, 0.1) is 12.8 Å². The molecule has 1 aliphatic carbocycles. The van der Waals surface area contributed by atoms with E-state index in [1.807, 2.05) is 25.1 Å². The number of carbonyl (C=O) groups is 3. The predicted molar refractivity (Wildman–Crippen MR) is 121 cm³/mol. The Kier molecular flexibility index (Phi) is 4.96. The number of fused-ring (bicyclic) bond motifs is 2. The lowest BCUT2D eigenvalue weighted by molar-refractivity contribution is -0.138. The summed E-state index contributed by atoms with van der Waals surface area (Å²) in [5.74, 6) is -0.345. The number of aromatic nitrogens is 3. The van der Waals surface area contributed by atoms with Crippen molar-refractivity contribution in [3.63, 3.8) is 0 Å². The number of halogens is 1. The quantitative estimate of drug-likeness (QED) is 0.524. The average molecular weight is 497 g/mol. The fourth-order valence-corrected chi connectivity index (χ4v) is 4.89. The molecule has 2 aromatic heterocycles. The van der Waals surface area contributed by atoms with Gasteiger partial charge in [-0.25, -0.2) is 4.98 Å². The molecule has 0 bridgehead atoms. The lowest BCUT2D eigenvalue weighted by Gasteiger charge is -2.26. The van der Waals surface area contributed by atoms with Gasteiger partial charge in [-0.05, 0) is 65.9 Å². The zero-order chi connectivity index (χ0) is 22.6. The monoisotopic (exact) mass is 496 g/mol. The van der Waals surface area contributed by atoms with Crippen LogP contribution in [0.4, 0.5) is 5.82 Å². The van der Waals surface area contributed by atoms with Gasteiger partial charge in [-0.15, -0.1) is 0 Å². The van der Waals surface area contributed by atoms with E-state index in [1.165, 1.54) is 4.68 Å². The molecular weight excluding hydrogens is 476 g/mol. The molecule has 3 heterocycles. The standard InChI is InChI=1S/C22H21BrN6O3/c1-11-5-6-14-13(7-11)20(21(24)31)27-28(14)10-19(30)29-15-8-12(15)9-16(29)22(32)26-18-4-2-3-17(23)25-18/h2-7,12,15-16H,8-10H2,1H3,(H2,24,31)(H,25,26,32)/t12?,15-,16+/m1/s1. The fraction of sp³-hybridized carbons (Fsp3) is 0.318. The third kappa shape index (κ3) is 3.64. The van der Waals surface area contributed by atoms with E-state index in [2.05, 4.69) is 31.3 Å². The van der Waals surface area contributed by atoms with Crippen molar-refractivity contribution >= 4 is 50.4 Å². The van der Waals surface area contributed by atoms with Gasteiger partial charge < -0.3 is 16.0 Å². The van der Waals surface area contributed by atoms with E-state index in [1.54, 1.807) is 23.1 Å². The molecule has 3 atom stereocenters. The number of piperidine rings is 1. The molecule has 1 saturated carbocycles. The summed E-state index contributed by atoms with van der Waals surface area (Å²) in [4.78, 5) is 44.0. The van der Waals surface area contributed by atoms with Crippen molar-refractivity contribution in [2.75, 3.05) is 5.32 Å². The molecule has 2 aliphatic rings. The highest BCUT2D eigenvalue weighted by atomic mass is 79.9. The van der Waals surface area contributed by atoms with E-state index in [0.717, 1.165) is 12.0 Å². The number of rotatable bonds is 5. The van der Waals surface area contributed by atoms with Crippen LogP contribution in [0.1, 0.15) is 28.9 Å². The second kappa shape index (κ2) is 7.70. The van der Waals surface area contributed by atoms with E-state index in [0.29, 0.717) is 33.7 Å². The first-order valence-electron chi connectivity index (χ1n) is 10.3. The molecule has 5 rings (SSSR count). The lowest BCUT2D eigenvalue weighted by Crippen LogP contribution is -2.46. The minimum Gasteiger partial charge on any atom is -0.364 e. The van der Waals surface area contributed by atoms with Crippen LogP contribution >= 0.6 is 15.9 Å². The summed E-state index contributed by atoms with van der Waals surface area (Å²) in [6, 6.07) is 10.3. The first-order valence-corrected chi connectivity index (χ1v) is 11.1. The molecule has 3 amide bonds. The van der Waals surface area contributed by atoms with Gasteiger partial charge in [0.15, 0.2) is 5.69 Å². The van der Waals surface area contributed by atoms with Gasteiger partial charge in [-0.2, -0.15) is 5.10 Å².